The fourth-order valence-corrected chi connectivity index (χ4v) is 6.27. The van der Waals surface area contributed by atoms with E-state index in [2.05, 4.69) is 68.4 Å². The molecule has 1 aliphatic heterocycles. The van der Waals surface area contributed by atoms with Crippen LogP contribution in [-0.2, 0) is 16.8 Å². The maximum Gasteiger partial charge on any atom is 0.262 e. The summed E-state index contributed by atoms with van der Waals surface area (Å²) in [6.45, 7) is 12.4. The molecule has 43 heavy (non-hydrogen) atoms. The van der Waals surface area contributed by atoms with Gasteiger partial charge in [-0.15, -0.1) is 11.8 Å². The van der Waals surface area contributed by atoms with E-state index in [1.165, 1.54) is 81.9 Å². The Kier molecular flexibility index (Phi) is 15.4. The Balaban J connectivity index is 1.41. The van der Waals surface area contributed by atoms with Crippen LogP contribution in [0.1, 0.15) is 123 Å². The second-order valence-electron chi connectivity index (χ2n) is 12.9. The van der Waals surface area contributed by atoms with Gasteiger partial charge in [-0.05, 0) is 47.9 Å². The highest BCUT2D eigenvalue weighted by molar-refractivity contribution is 8.02. The molecule has 6 heteroatoms. The average molecular weight is 609 g/mol. The van der Waals surface area contributed by atoms with Crippen LogP contribution in [0.3, 0.4) is 0 Å². The summed E-state index contributed by atoms with van der Waals surface area (Å²) in [4.78, 5) is 15.1. The quantitative estimate of drug-likeness (QED) is 0.152. The van der Waals surface area contributed by atoms with Crippen LogP contribution in [-0.4, -0.2) is 29.9 Å². The first-order chi connectivity index (χ1) is 20.8. The second kappa shape index (κ2) is 18.9. The predicted octanol–water partition coefficient (Wildman–Crippen LogP) is 10.4. The summed E-state index contributed by atoms with van der Waals surface area (Å²) in [7, 11) is 0. The molecule has 0 atom stereocenters. The van der Waals surface area contributed by atoms with E-state index in [1.807, 2.05) is 36.0 Å². The van der Waals surface area contributed by atoms with E-state index in [9.17, 15) is 4.79 Å². The Morgan fingerprint density at radius 1 is 0.860 bits per heavy atom. The van der Waals surface area contributed by atoms with E-state index in [4.69, 9.17) is 9.47 Å². The van der Waals surface area contributed by atoms with Crippen molar-refractivity contribution in [2.24, 2.45) is 0 Å². The predicted molar refractivity (Wildman–Crippen MR) is 184 cm³/mol. The highest BCUT2D eigenvalue weighted by Gasteiger charge is 2.22. The Morgan fingerprint density at radius 2 is 1.49 bits per heavy atom. The van der Waals surface area contributed by atoms with Crippen LogP contribution in [0.15, 0.2) is 53.6 Å². The summed E-state index contributed by atoms with van der Waals surface area (Å²) in [5.41, 5.74) is 4.29. The lowest BCUT2D eigenvalue weighted by Gasteiger charge is -2.24. The van der Waals surface area contributed by atoms with Crippen molar-refractivity contribution >= 4 is 23.4 Å². The number of hydrogen-bond donors (Lipinski definition) is 1. The van der Waals surface area contributed by atoms with Crippen LogP contribution in [0.2, 0.25) is 0 Å². The number of unbranched alkanes of at least 4 members (excludes halogenated alkanes) is 11. The first-order valence-corrected chi connectivity index (χ1v) is 17.6. The van der Waals surface area contributed by atoms with Gasteiger partial charge in [0, 0.05) is 23.5 Å². The van der Waals surface area contributed by atoms with E-state index in [0.717, 1.165) is 35.8 Å². The number of carbonyl (C=O) groups excluding carboxylic acids is 1. The lowest BCUT2D eigenvalue weighted by Crippen LogP contribution is -2.21. The SMILES string of the molecule is CCCCCCCCCCCCCCOc1c(OCC(=O)Nc2ccc(CN3CSC=C3C)cc2)cccc1C(C)(C)C. The van der Waals surface area contributed by atoms with E-state index < -0.39 is 0 Å². The van der Waals surface area contributed by atoms with E-state index >= 15 is 0 Å². The summed E-state index contributed by atoms with van der Waals surface area (Å²) < 4.78 is 12.4. The number of rotatable bonds is 20. The van der Waals surface area contributed by atoms with E-state index in [1.54, 1.807) is 0 Å². The molecule has 238 valence electrons. The number of amides is 1. The second-order valence-corrected chi connectivity index (χ2v) is 13.7. The maximum absolute atomic E-state index is 12.8. The van der Waals surface area contributed by atoms with Crippen molar-refractivity contribution in [1.82, 2.24) is 4.90 Å². The molecule has 0 saturated heterocycles. The number of carbonyl (C=O) groups is 1. The molecule has 0 aliphatic carbocycles. The molecule has 3 rings (SSSR count). The van der Waals surface area contributed by atoms with Gasteiger partial charge >= 0.3 is 0 Å². The van der Waals surface area contributed by atoms with E-state index in [0.29, 0.717) is 12.4 Å². The van der Waals surface area contributed by atoms with Gasteiger partial charge in [-0.3, -0.25) is 4.79 Å². The first kappa shape index (κ1) is 34.9. The molecule has 0 unspecified atom stereocenters. The van der Waals surface area contributed by atoms with Crippen molar-refractivity contribution in [2.75, 3.05) is 24.4 Å². The van der Waals surface area contributed by atoms with Crippen molar-refractivity contribution < 1.29 is 14.3 Å². The molecule has 0 fully saturated rings. The minimum absolute atomic E-state index is 0.0701. The number of nitrogens with one attached hydrogen (secondary N) is 1. The molecule has 0 bridgehead atoms. The molecule has 1 aliphatic rings. The van der Waals surface area contributed by atoms with E-state index in [-0.39, 0.29) is 17.9 Å². The standard InChI is InChI=1S/C37H56N2O3S/c1-6-7-8-9-10-11-12-13-14-15-16-17-25-41-36-33(37(3,4)5)19-18-20-34(36)42-27-35(40)38-32-23-21-31(22-24-32)26-39-29-43-28-30(39)2/h18-24,28H,6-17,25-27,29H2,1-5H3,(H,38,40). The molecule has 2 aromatic rings. The molecule has 5 nitrogen and oxygen atoms in total. The van der Waals surface area contributed by atoms with Crippen LogP contribution in [0.25, 0.3) is 0 Å². The Hall–Kier alpha value is -2.60. The molecular weight excluding hydrogens is 552 g/mol. The Labute approximate surface area is 266 Å². The van der Waals surface area contributed by atoms with Crippen molar-refractivity contribution in [2.45, 2.75) is 124 Å². The van der Waals surface area contributed by atoms with Gasteiger partial charge in [-0.1, -0.05) is 123 Å². The van der Waals surface area contributed by atoms with Crippen LogP contribution in [0, 0.1) is 0 Å². The monoisotopic (exact) mass is 608 g/mol. The zero-order valence-electron chi connectivity index (χ0n) is 27.5. The maximum atomic E-state index is 12.8. The van der Waals surface area contributed by atoms with Crippen molar-refractivity contribution in [3.05, 3.63) is 64.7 Å². The third-order valence-corrected chi connectivity index (χ3v) is 8.95. The molecule has 0 spiro atoms. The van der Waals surface area contributed by atoms with Crippen molar-refractivity contribution in [3.63, 3.8) is 0 Å². The fourth-order valence-electron chi connectivity index (χ4n) is 5.34. The molecule has 0 radical (unpaired) electrons. The van der Waals surface area contributed by atoms with Gasteiger partial charge in [0.1, 0.15) is 0 Å². The fraction of sp³-hybridized carbons (Fsp3) is 0.595. The normalized spacial score (nSPS) is 13.2. The molecule has 1 amide bonds. The number of hydrogen-bond acceptors (Lipinski definition) is 5. The number of thioether (sulfide) groups is 1. The summed E-state index contributed by atoms with van der Waals surface area (Å²) in [5.74, 6) is 2.20. The third-order valence-electron chi connectivity index (χ3n) is 7.98. The van der Waals surface area contributed by atoms with Gasteiger partial charge in [0.05, 0.1) is 12.5 Å². The average Bonchev–Trinajstić information content (AvgIpc) is 3.39. The molecule has 1 N–H and O–H groups in total. The molecule has 1 heterocycles. The van der Waals surface area contributed by atoms with Gasteiger partial charge in [0.25, 0.3) is 5.91 Å². The lowest BCUT2D eigenvalue weighted by atomic mass is 9.86. The van der Waals surface area contributed by atoms with Gasteiger partial charge in [0.15, 0.2) is 18.1 Å². The zero-order valence-corrected chi connectivity index (χ0v) is 28.3. The molecule has 0 saturated carbocycles. The minimum atomic E-state index is -0.185. The lowest BCUT2D eigenvalue weighted by molar-refractivity contribution is -0.118. The third kappa shape index (κ3) is 12.9. The van der Waals surface area contributed by atoms with Gasteiger partial charge in [0.2, 0.25) is 0 Å². The molecule has 2 aromatic carbocycles. The summed E-state index contributed by atoms with van der Waals surface area (Å²) in [6, 6.07) is 14.0. The molecule has 0 aromatic heterocycles. The van der Waals surface area contributed by atoms with Gasteiger partial charge in [-0.25, -0.2) is 0 Å². The largest absolute Gasteiger partial charge is 0.489 e. The number of nitrogens with zero attached hydrogens (tertiary/aromatic N) is 1. The van der Waals surface area contributed by atoms with Gasteiger partial charge in [-0.2, -0.15) is 0 Å². The number of benzene rings is 2. The smallest absolute Gasteiger partial charge is 0.262 e. The topological polar surface area (TPSA) is 50.8 Å². The zero-order chi connectivity index (χ0) is 30.9. The van der Waals surface area contributed by atoms with Crippen LogP contribution >= 0.6 is 11.8 Å². The van der Waals surface area contributed by atoms with Gasteiger partial charge < -0.3 is 19.7 Å². The number of anilines is 1. The first-order valence-electron chi connectivity index (χ1n) is 16.6. The summed E-state index contributed by atoms with van der Waals surface area (Å²) in [6.07, 6.45) is 15.8. The number of para-hydroxylation sites is 1. The van der Waals surface area contributed by atoms with Crippen LogP contribution < -0.4 is 14.8 Å². The highest BCUT2D eigenvalue weighted by Crippen LogP contribution is 2.38. The Morgan fingerprint density at radius 3 is 2.07 bits per heavy atom. The number of ether oxygens (including phenoxy) is 2. The summed E-state index contributed by atoms with van der Waals surface area (Å²) >= 11 is 1.82. The van der Waals surface area contributed by atoms with Crippen LogP contribution in [0.5, 0.6) is 11.5 Å². The molecular formula is C37H56N2O3S. The van der Waals surface area contributed by atoms with Crippen molar-refractivity contribution in [3.8, 4) is 11.5 Å². The summed E-state index contributed by atoms with van der Waals surface area (Å²) in [5, 5.41) is 5.16. The van der Waals surface area contributed by atoms with Crippen LogP contribution in [0.4, 0.5) is 5.69 Å². The van der Waals surface area contributed by atoms with Crippen molar-refractivity contribution in [1.29, 1.82) is 0 Å². The number of allylic oxidation sites excluding steroid dienone is 1. The highest BCUT2D eigenvalue weighted by atomic mass is 32.2. The minimum Gasteiger partial charge on any atom is -0.489 e. The Bertz CT molecular complexity index is 1120.